The van der Waals surface area contributed by atoms with Crippen LogP contribution in [0.25, 0.3) is 0 Å². The number of furan rings is 1. The Hall–Kier alpha value is -2.76. The molecular formula is C16H18N2O4. The first-order valence-corrected chi connectivity index (χ1v) is 6.81. The standard InChI is InChI=1S/C16H18N2O4/c1-11(2)22-14-7-6-12(9-15(14)20-3)16(19)18-17-10-13-5-4-8-21-13/h4-11H,1-3H3,(H,18,19)/b17-10-. The fourth-order valence-corrected chi connectivity index (χ4v) is 1.74. The second kappa shape index (κ2) is 7.31. The number of hydrogen-bond acceptors (Lipinski definition) is 5. The third-order valence-corrected chi connectivity index (χ3v) is 2.69. The van der Waals surface area contributed by atoms with E-state index in [9.17, 15) is 4.79 Å². The fourth-order valence-electron chi connectivity index (χ4n) is 1.74. The predicted molar refractivity (Wildman–Crippen MR) is 82.5 cm³/mol. The van der Waals surface area contributed by atoms with E-state index in [0.29, 0.717) is 22.8 Å². The van der Waals surface area contributed by atoms with E-state index in [1.807, 2.05) is 13.8 Å². The average molecular weight is 302 g/mol. The summed E-state index contributed by atoms with van der Waals surface area (Å²) < 4.78 is 15.9. The molecule has 0 saturated carbocycles. The summed E-state index contributed by atoms with van der Waals surface area (Å²) in [6, 6.07) is 8.43. The molecule has 22 heavy (non-hydrogen) atoms. The summed E-state index contributed by atoms with van der Waals surface area (Å²) in [4.78, 5) is 12.0. The second-order valence-corrected chi connectivity index (χ2v) is 4.75. The van der Waals surface area contributed by atoms with Crippen molar-refractivity contribution in [1.82, 2.24) is 5.43 Å². The molecule has 0 saturated heterocycles. The van der Waals surface area contributed by atoms with E-state index < -0.39 is 0 Å². The van der Waals surface area contributed by atoms with Gasteiger partial charge in [-0.2, -0.15) is 5.10 Å². The Morgan fingerprint density at radius 1 is 1.32 bits per heavy atom. The van der Waals surface area contributed by atoms with Crippen molar-refractivity contribution in [3.05, 3.63) is 47.9 Å². The molecule has 6 nitrogen and oxygen atoms in total. The smallest absolute Gasteiger partial charge is 0.271 e. The van der Waals surface area contributed by atoms with Crippen molar-refractivity contribution >= 4 is 12.1 Å². The molecule has 1 aromatic carbocycles. The topological polar surface area (TPSA) is 73.1 Å². The van der Waals surface area contributed by atoms with Crippen LogP contribution in [0.5, 0.6) is 11.5 Å². The normalized spacial score (nSPS) is 10.9. The van der Waals surface area contributed by atoms with Crippen LogP contribution in [0.4, 0.5) is 0 Å². The first-order valence-electron chi connectivity index (χ1n) is 6.81. The molecule has 0 unspecified atom stereocenters. The van der Waals surface area contributed by atoms with Crippen molar-refractivity contribution in [3.8, 4) is 11.5 Å². The highest BCUT2D eigenvalue weighted by Crippen LogP contribution is 2.28. The van der Waals surface area contributed by atoms with Gasteiger partial charge in [-0.25, -0.2) is 5.43 Å². The van der Waals surface area contributed by atoms with Crippen LogP contribution in [0.2, 0.25) is 0 Å². The molecule has 0 aliphatic rings. The zero-order chi connectivity index (χ0) is 15.9. The number of hydrazone groups is 1. The number of nitrogens with one attached hydrogen (secondary N) is 1. The maximum absolute atomic E-state index is 12.0. The zero-order valence-electron chi connectivity index (χ0n) is 12.7. The van der Waals surface area contributed by atoms with E-state index in [4.69, 9.17) is 13.9 Å². The van der Waals surface area contributed by atoms with E-state index in [0.717, 1.165) is 0 Å². The number of nitrogens with zero attached hydrogens (tertiary/aromatic N) is 1. The summed E-state index contributed by atoms with van der Waals surface area (Å²) >= 11 is 0. The third kappa shape index (κ3) is 4.12. The van der Waals surface area contributed by atoms with Crippen LogP contribution < -0.4 is 14.9 Å². The van der Waals surface area contributed by atoms with E-state index in [2.05, 4.69) is 10.5 Å². The molecule has 1 amide bonds. The van der Waals surface area contributed by atoms with Gasteiger partial charge in [-0.15, -0.1) is 0 Å². The molecule has 0 radical (unpaired) electrons. The molecule has 2 aromatic rings. The summed E-state index contributed by atoms with van der Waals surface area (Å²) in [5.74, 6) is 1.29. The van der Waals surface area contributed by atoms with Crippen molar-refractivity contribution in [2.24, 2.45) is 5.10 Å². The molecule has 0 atom stereocenters. The largest absolute Gasteiger partial charge is 0.493 e. The Morgan fingerprint density at radius 3 is 2.77 bits per heavy atom. The van der Waals surface area contributed by atoms with Crippen LogP contribution >= 0.6 is 0 Å². The van der Waals surface area contributed by atoms with Crippen LogP contribution in [-0.4, -0.2) is 25.3 Å². The third-order valence-electron chi connectivity index (χ3n) is 2.69. The minimum atomic E-state index is -0.350. The number of rotatable bonds is 6. The number of hydrogen-bond donors (Lipinski definition) is 1. The Kier molecular flexibility index (Phi) is 5.19. The van der Waals surface area contributed by atoms with Gasteiger partial charge in [0.15, 0.2) is 11.5 Å². The van der Waals surface area contributed by atoms with Gasteiger partial charge in [0, 0.05) is 5.56 Å². The highest BCUT2D eigenvalue weighted by Gasteiger charge is 2.11. The van der Waals surface area contributed by atoms with Crippen LogP contribution in [0.15, 0.2) is 46.1 Å². The molecule has 1 heterocycles. The SMILES string of the molecule is COc1cc(C(=O)N/N=C\c2ccco2)ccc1OC(C)C. The summed E-state index contributed by atoms with van der Waals surface area (Å²) in [5, 5.41) is 3.83. The van der Waals surface area contributed by atoms with Crippen LogP contribution in [-0.2, 0) is 0 Å². The lowest BCUT2D eigenvalue weighted by Crippen LogP contribution is -2.17. The summed E-state index contributed by atoms with van der Waals surface area (Å²) in [5.41, 5.74) is 2.84. The average Bonchev–Trinajstić information content (AvgIpc) is 3.00. The highest BCUT2D eigenvalue weighted by atomic mass is 16.5. The van der Waals surface area contributed by atoms with Crippen LogP contribution in [0.3, 0.4) is 0 Å². The van der Waals surface area contributed by atoms with Crippen LogP contribution in [0, 0.1) is 0 Å². The van der Waals surface area contributed by atoms with Crippen LogP contribution in [0.1, 0.15) is 30.0 Å². The minimum Gasteiger partial charge on any atom is -0.493 e. The highest BCUT2D eigenvalue weighted by molar-refractivity contribution is 5.95. The van der Waals surface area contributed by atoms with Crippen molar-refractivity contribution in [1.29, 1.82) is 0 Å². The number of amides is 1. The molecular weight excluding hydrogens is 284 g/mol. The minimum absolute atomic E-state index is 0.0199. The maximum Gasteiger partial charge on any atom is 0.271 e. The molecule has 0 spiro atoms. The van der Waals surface area contributed by atoms with E-state index in [-0.39, 0.29) is 12.0 Å². The first-order chi connectivity index (χ1) is 10.6. The zero-order valence-corrected chi connectivity index (χ0v) is 12.7. The van der Waals surface area contributed by atoms with Crippen molar-refractivity contribution in [2.75, 3.05) is 7.11 Å². The van der Waals surface area contributed by atoms with Gasteiger partial charge in [0.25, 0.3) is 5.91 Å². The molecule has 2 rings (SSSR count). The van der Waals surface area contributed by atoms with Gasteiger partial charge in [-0.1, -0.05) is 0 Å². The van der Waals surface area contributed by atoms with Gasteiger partial charge < -0.3 is 13.9 Å². The number of benzene rings is 1. The lowest BCUT2D eigenvalue weighted by molar-refractivity contribution is 0.0954. The summed E-state index contributed by atoms with van der Waals surface area (Å²) in [7, 11) is 1.53. The number of carbonyl (C=O) groups is 1. The molecule has 0 aliphatic heterocycles. The van der Waals surface area contributed by atoms with E-state index >= 15 is 0 Å². The molecule has 0 aliphatic carbocycles. The summed E-state index contributed by atoms with van der Waals surface area (Å²) in [6.07, 6.45) is 2.97. The number of methoxy groups -OCH3 is 1. The van der Waals surface area contributed by atoms with Gasteiger partial charge in [-0.3, -0.25) is 4.79 Å². The molecule has 116 valence electrons. The molecule has 0 bridgehead atoms. The summed E-state index contributed by atoms with van der Waals surface area (Å²) in [6.45, 7) is 3.84. The quantitative estimate of drug-likeness (QED) is 0.658. The van der Waals surface area contributed by atoms with Gasteiger partial charge in [-0.05, 0) is 44.2 Å². The maximum atomic E-state index is 12.0. The van der Waals surface area contributed by atoms with E-state index in [1.54, 1.807) is 30.3 Å². The van der Waals surface area contributed by atoms with Crippen molar-refractivity contribution in [2.45, 2.75) is 20.0 Å². The van der Waals surface area contributed by atoms with Gasteiger partial charge in [0.2, 0.25) is 0 Å². The van der Waals surface area contributed by atoms with Gasteiger partial charge in [0.05, 0.1) is 25.7 Å². The van der Waals surface area contributed by atoms with Crippen molar-refractivity contribution in [3.63, 3.8) is 0 Å². The fraction of sp³-hybridized carbons (Fsp3) is 0.250. The van der Waals surface area contributed by atoms with Gasteiger partial charge in [0.1, 0.15) is 5.76 Å². The molecule has 1 N–H and O–H groups in total. The Labute approximate surface area is 128 Å². The Bertz CT molecular complexity index is 648. The molecule has 6 heteroatoms. The number of ether oxygens (including phenoxy) is 2. The van der Waals surface area contributed by atoms with Crippen molar-refractivity contribution < 1.29 is 18.7 Å². The molecule has 0 fully saturated rings. The Balaban J connectivity index is 2.06. The number of carbonyl (C=O) groups excluding carboxylic acids is 1. The first kappa shape index (κ1) is 15.6. The second-order valence-electron chi connectivity index (χ2n) is 4.75. The van der Waals surface area contributed by atoms with E-state index in [1.165, 1.54) is 19.6 Å². The Morgan fingerprint density at radius 2 is 2.14 bits per heavy atom. The lowest BCUT2D eigenvalue weighted by Gasteiger charge is -2.14. The lowest BCUT2D eigenvalue weighted by atomic mass is 10.2. The monoisotopic (exact) mass is 302 g/mol. The predicted octanol–water partition coefficient (Wildman–Crippen LogP) is 2.84. The molecule has 1 aromatic heterocycles. The van der Waals surface area contributed by atoms with Gasteiger partial charge >= 0.3 is 0 Å².